The van der Waals surface area contributed by atoms with Crippen molar-refractivity contribution in [2.45, 2.75) is 24.6 Å². The Bertz CT molecular complexity index is 428. The standard InChI is InChI=1S/C12H13ClN2S/c1-8-11(4-5-16-8)15-12-6-9(7-14)2-3-10(12)13/h2-3,6,8,11,15H,4-5H2,1H3. The Morgan fingerprint density at radius 2 is 2.38 bits per heavy atom. The Morgan fingerprint density at radius 3 is 3.00 bits per heavy atom. The number of thioether (sulfide) groups is 1. The molecular weight excluding hydrogens is 240 g/mol. The molecule has 0 saturated carbocycles. The van der Waals surface area contributed by atoms with Crippen molar-refractivity contribution in [3.05, 3.63) is 28.8 Å². The van der Waals surface area contributed by atoms with Crippen LogP contribution >= 0.6 is 23.4 Å². The van der Waals surface area contributed by atoms with Crippen molar-refractivity contribution >= 4 is 29.1 Å². The van der Waals surface area contributed by atoms with E-state index >= 15 is 0 Å². The molecule has 0 amide bonds. The average molecular weight is 253 g/mol. The van der Waals surface area contributed by atoms with Crippen molar-refractivity contribution < 1.29 is 0 Å². The number of hydrogen-bond donors (Lipinski definition) is 1. The van der Waals surface area contributed by atoms with Gasteiger partial charge in [0.25, 0.3) is 0 Å². The zero-order chi connectivity index (χ0) is 11.5. The lowest BCUT2D eigenvalue weighted by Crippen LogP contribution is -2.24. The zero-order valence-electron chi connectivity index (χ0n) is 9.03. The minimum atomic E-state index is 0.455. The molecule has 2 nitrogen and oxygen atoms in total. The van der Waals surface area contributed by atoms with Gasteiger partial charge in [-0.15, -0.1) is 0 Å². The summed E-state index contributed by atoms with van der Waals surface area (Å²) >= 11 is 8.07. The van der Waals surface area contributed by atoms with Crippen LogP contribution in [0.2, 0.25) is 5.02 Å². The van der Waals surface area contributed by atoms with E-state index < -0.39 is 0 Å². The van der Waals surface area contributed by atoms with E-state index in [0.29, 0.717) is 21.9 Å². The topological polar surface area (TPSA) is 35.8 Å². The maximum Gasteiger partial charge on any atom is 0.0992 e. The van der Waals surface area contributed by atoms with Gasteiger partial charge in [-0.2, -0.15) is 17.0 Å². The SMILES string of the molecule is CC1SCCC1Nc1cc(C#N)ccc1Cl. The lowest BCUT2D eigenvalue weighted by atomic mass is 10.1. The van der Waals surface area contributed by atoms with Crippen LogP contribution in [0, 0.1) is 11.3 Å². The minimum absolute atomic E-state index is 0.455. The number of nitriles is 1. The first-order valence-corrected chi connectivity index (χ1v) is 6.71. The first kappa shape index (κ1) is 11.6. The lowest BCUT2D eigenvalue weighted by molar-refractivity contribution is 0.724. The van der Waals surface area contributed by atoms with Gasteiger partial charge in [0.15, 0.2) is 0 Å². The smallest absolute Gasteiger partial charge is 0.0992 e. The first-order valence-electron chi connectivity index (χ1n) is 5.28. The fourth-order valence-corrected chi connectivity index (χ4v) is 3.20. The predicted octanol–water partition coefficient (Wildman–Crippen LogP) is 3.52. The summed E-state index contributed by atoms with van der Waals surface area (Å²) < 4.78 is 0. The molecule has 2 rings (SSSR count). The van der Waals surface area contributed by atoms with E-state index in [1.54, 1.807) is 12.1 Å². The Hall–Kier alpha value is -0.850. The highest BCUT2D eigenvalue weighted by Gasteiger charge is 2.24. The second-order valence-electron chi connectivity index (χ2n) is 3.92. The van der Waals surface area contributed by atoms with Crippen LogP contribution in [0.1, 0.15) is 18.9 Å². The fourth-order valence-electron chi connectivity index (χ4n) is 1.83. The van der Waals surface area contributed by atoms with Crippen molar-refractivity contribution in [2.24, 2.45) is 0 Å². The highest BCUT2D eigenvalue weighted by molar-refractivity contribution is 8.00. The van der Waals surface area contributed by atoms with Crippen molar-refractivity contribution in [3.8, 4) is 6.07 Å². The molecule has 4 heteroatoms. The summed E-state index contributed by atoms with van der Waals surface area (Å²) in [7, 11) is 0. The van der Waals surface area contributed by atoms with E-state index in [2.05, 4.69) is 18.3 Å². The largest absolute Gasteiger partial charge is 0.380 e. The van der Waals surface area contributed by atoms with E-state index in [1.165, 1.54) is 5.75 Å². The second-order valence-corrected chi connectivity index (χ2v) is 5.81. The molecule has 0 aromatic heterocycles. The number of halogens is 1. The van der Waals surface area contributed by atoms with Crippen LogP contribution in [0.15, 0.2) is 18.2 Å². The van der Waals surface area contributed by atoms with Crippen molar-refractivity contribution in [2.75, 3.05) is 11.1 Å². The van der Waals surface area contributed by atoms with Crippen LogP contribution < -0.4 is 5.32 Å². The van der Waals surface area contributed by atoms with Crippen molar-refractivity contribution in [1.82, 2.24) is 0 Å². The molecule has 2 atom stereocenters. The second kappa shape index (κ2) is 4.99. The summed E-state index contributed by atoms with van der Waals surface area (Å²) in [6, 6.07) is 7.91. The molecule has 1 N–H and O–H groups in total. The first-order chi connectivity index (χ1) is 7.70. The summed E-state index contributed by atoms with van der Waals surface area (Å²) in [5, 5.41) is 13.6. The van der Waals surface area contributed by atoms with Gasteiger partial charge in [-0.3, -0.25) is 0 Å². The Balaban J connectivity index is 2.17. The molecule has 0 bridgehead atoms. The van der Waals surface area contributed by atoms with E-state index in [9.17, 15) is 0 Å². The Kier molecular flexibility index (Phi) is 3.63. The molecule has 16 heavy (non-hydrogen) atoms. The van der Waals surface area contributed by atoms with Gasteiger partial charge in [0, 0.05) is 11.3 Å². The number of nitrogens with one attached hydrogen (secondary N) is 1. The van der Waals surface area contributed by atoms with Gasteiger partial charge in [-0.25, -0.2) is 0 Å². The summed E-state index contributed by atoms with van der Waals surface area (Å²) in [4.78, 5) is 0. The number of nitrogens with zero attached hydrogens (tertiary/aromatic N) is 1. The maximum absolute atomic E-state index is 8.84. The monoisotopic (exact) mass is 252 g/mol. The summed E-state index contributed by atoms with van der Waals surface area (Å²) in [5.41, 5.74) is 1.52. The number of hydrogen-bond acceptors (Lipinski definition) is 3. The van der Waals surface area contributed by atoms with Gasteiger partial charge in [-0.1, -0.05) is 18.5 Å². The Labute approximate surface area is 105 Å². The highest BCUT2D eigenvalue weighted by atomic mass is 35.5. The molecule has 1 fully saturated rings. The Morgan fingerprint density at radius 1 is 1.56 bits per heavy atom. The van der Waals surface area contributed by atoms with Gasteiger partial charge in [0.1, 0.15) is 0 Å². The van der Waals surface area contributed by atoms with E-state index in [4.69, 9.17) is 16.9 Å². The normalized spacial score (nSPS) is 24.1. The lowest BCUT2D eigenvalue weighted by Gasteiger charge is -2.18. The van der Waals surface area contributed by atoms with Crippen LogP contribution in [-0.4, -0.2) is 17.0 Å². The highest BCUT2D eigenvalue weighted by Crippen LogP contribution is 2.31. The molecule has 84 valence electrons. The van der Waals surface area contributed by atoms with Gasteiger partial charge < -0.3 is 5.32 Å². The van der Waals surface area contributed by atoms with Crippen LogP contribution in [0.5, 0.6) is 0 Å². The molecular formula is C12H13ClN2S. The molecule has 1 aromatic rings. The molecule has 0 radical (unpaired) electrons. The maximum atomic E-state index is 8.84. The fraction of sp³-hybridized carbons (Fsp3) is 0.417. The van der Waals surface area contributed by atoms with Crippen molar-refractivity contribution in [3.63, 3.8) is 0 Å². The van der Waals surface area contributed by atoms with E-state index in [-0.39, 0.29) is 0 Å². The van der Waals surface area contributed by atoms with Gasteiger partial charge in [0.05, 0.1) is 22.3 Å². The van der Waals surface area contributed by atoms with Crippen LogP contribution in [0.3, 0.4) is 0 Å². The molecule has 1 aromatic carbocycles. The van der Waals surface area contributed by atoms with E-state index in [0.717, 1.165) is 12.1 Å². The number of benzene rings is 1. The van der Waals surface area contributed by atoms with Gasteiger partial charge in [-0.05, 0) is 30.4 Å². The molecule has 1 aliphatic rings. The average Bonchev–Trinajstić information content (AvgIpc) is 2.68. The summed E-state index contributed by atoms with van der Waals surface area (Å²) in [6.45, 7) is 2.22. The van der Waals surface area contributed by atoms with Gasteiger partial charge in [0.2, 0.25) is 0 Å². The number of rotatable bonds is 2. The third-order valence-corrected chi connectivity index (χ3v) is 4.47. The molecule has 1 heterocycles. The van der Waals surface area contributed by atoms with Crippen LogP contribution in [0.4, 0.5) is 5.69 Å². The summed E-state index contributed by atoms with van der Waals surface area (Å²) in [6.07, 6.45) is 1.15. The summed E-state index contributed by atoms with van der Waals surface area (Å²) in [5.74, 6) is 1.19. The van der Waals surface area contributed by atoms with Gasteiger partial charge >= 0.3 is 0 Å². The molecule has 1 saturated heterocycles. The van der Waals surface area contributed by atoms with Crippen LogP contribution in [-0.2, 0) is 0 Å². The number of anilines is 1. The molecule has 1 aliphatic heterocycles. The third-order valence-electron chi connectivity index (χ3n) is 2.81. The molecule has 0 aliphatic carbocycles. The minimum Gasteiger partial charge on any atom is -0.380 e. The predicted molar refractivity (Wildman–Crippen MR) is 70.1 cm³/mol. The van der Waals surface area contributed by atoms with Crippen LogP contribution in [0.25, 0.3) is 0 Å². The van der Waals surface area contributed by atoms with Crippen molar-refractivity contribution in [1.29, 1.82) is 5.26 Å². The zero-order valence-corrected chi connectivity index (χ0v) is 10.6. The third kappa shape index (κ3) is 2.45. The quantitative estimate of drug-likeness (QED) is 0.875. The van der Waals surface area contributed by atoms with E-state index in [1.807, 2.05) is 17.8 Å². The molecule has 0 spiro atoms. The molecule has 2 unspecified atom stereocenters.